The SMILES string of the molecule is CC(C)c1cnn2c(NCc3ccccc3)cc(NC[C@@H]3C[C@@H](C)CN3)nc12. The van der Waals surface area contributed by atoms with Crippen LogP contribution in [0.25, 0.3) is 5.65 Å². The topological polar surface area (TPSA) is 66.3 Å². The molecule has 1 fully saturated rings. The lowest BCUT2D eigenvalue weighted by Crippen LogP contribution is -2.29. The van der Waals surface area contributed by atoms with Crippen molar-refractivity contribution in [3.8, 4) is 0 Å². The quantitative estimate of drug-likeness (QED) is 0.582. The van der Waals surface area contributed by atoms with E-state index in [9.17, 15) is 0 Å². The Morgan fingerprint density at radius 2 is 2.04 bits per heavy atom. The fraction of sp³-hybridized carbons (Fsp3) is 0.455. The van der Waals surface area contributed by atoms with Crippen molar-refractivity contribution in [2.45, 2.75) is 45.7 Å². The van der Waals surface area contributed by atoms with Gasteiger partial charge >= 0.3 is 0 Å². The maximum Gasteiger partial charge on any atom is 0.163 e. The van der Waals surface area contributed by atoms with E-state index in [1.165, 1.54) is 17.5 Å². The molecule has 6 heteroatoms. The Kier molecular flexibility index (Phi) is 5.48. The fourth-order valence-corrected chi connectivity index (χ4v) is 3.80. The Morgan fingerprint density at radius 1 is 1.21 bits per heavy atom. The van der Waals surface area contributed by atoms with Gasteiger partial charge in [-0.25, -0.2) is 4.98 Å². The minimum atomic E-state index is 0.375. The van der Waals surface area contributed by atoms with Gasteiger partial charge < -0.3 is 16.0 Å². The van der Waals surface area contributed by atoms with Crippen molar-refractivity contribution in [1.82, 2.24) is 19.9 Å². The average molecular weight is 379 g/mol. The fourth-order valence-electron chi connectivity index (χ4n) is 3.80. The van der Waals surface area contributed by atoms with Gasteiger partial charge in [-0.05, 0) is 30.4 Å². The van der Waals surface area contributed by atoms with Crippen molar-refractivity contribution < 1.29 is 0 Å². The second-order valence-electron chi connectivity index (χ2n) is 8.18. The van der Waals surface area contributed by atoms with Crippen molar-refractivity contribution in [2.75, 3.05) is 23.7 Å². The highest BCUT2D eigenvalue weighted by atomic mass is 15.3. The highest BCUT2D eigenvalue weighted by Gasteiger charge is 2.20. The molecular weight excluding hydrogens is 348 g/mol. The van der Waals surface area contributed by atoms with Gasteiger partial charge in [0, 0.05) is 30.8 Å². The lowest BCUT2D eigenvalue weighted by Gasteiger charge is -2.15. The van der Waals surface area contributed by atoms with Crippen LogP contribution in [0.4, 0.5) is 11.6 Å². The number of nitrogens with one attached hydrogen (secondary N) is 3. The first-order valence-electron chi connectivity index (χ1n) is 10.2. The van der Waals surface area contributed by atoms with Crippen molar-refractivity contribution in [3.63, 3.8) is 0 Å². The van der Waals surface area contributed by atoms with Gasteiger partial charge in [-0.2, -0.15) is 9.61 Å². The third-order valence-electron chi connectivity index (χ3n) is 5.41. The zero-order chi connectivity index (χ0) is 19.5. The standard InChI is InChI=1S/C22H30N6/c1-15(2)19-14-26-28-21(25-12-17-7-5-4-6-8-17)10-20(27-22(19)28)24-13-18-9-16(3)11-23-18/h4-8,10,14-16,18,23,25H,9,11-13H2,1-3H3,(H,24,27)/t16-,18+/m1/s1. The molecule has 0 radical (unpaired) electrons. The Morgan fingerprint density at radius 3 is 2.75 bits per heavy atom. The molecule has 1 saturated heterocycles. The van der Waals surface area contributed by atoms with Gasteiger partial charge in [-0.1, -0.05) is 51.1 Å². The van der Waals surface area contributed by atoms with Gasteiger partial charge in [-0.3, -0.25) is 0 Å². The van der Waals surface area contributed by atoms with E-state index in [0.717, 1.165) is 42.8 Å². The first-order valence-corrected chi connectivity index (χ1v) is 10.2. The maximum absolute atomic E-state index is 4.87. The molecule has 0 saturated carbocycles. The van der Waals surface area contributed by atoms with Crippen LogP contribution in [0.15, 0.2) is 42.6 Å². The van der Waals surface area contributed by atoms with Gasteiger partial charge in [0.1, 0.15) is 11.6 Å². The van der Waals surface area contributed by atoms with E-state index in [4.69, 9.17) is 4.98 Å². The van der Waals surface area contributed by atoms with E-state index in [1.807, 2.05) is 16.8 Å². The summed E-state index contributed by atoms with van der Waals surface area (Å²) in [7, 11) is 0. The van der Waals surface area contributed by atoms with Gasteiger partial charge in [0.05, 0.1) is 6.20 Å². The van der Waals surface area contributed by atoms with Gasteiger partial charge in [0.15, 0.2) is 5.65 Å². The van der Waals surface area contributed by atoms with Crippen LogP contribution < -0.4 is 16.0 Å². The summed E-state index contributed by atoms with van der Waals surface area (Å²) in [6.07, 6.45) is 3.14. The van der Waals surface area contributed by atoms with Crippen molar-refractivity contribution in [2.24, 2.45) is 5.92 Å². The van der Waals surface area contributed by atoms with Crippen LogP contribution in [0.2, 0.25) is 0 Å². The summed E-state index contributed by atoms with van der Waals surface area (Å²) in [6, 6.07) is 13.0. The minimum Gasteiger partial charge on any atom is -0.368 e. The summed E-state index contributed by atoms with van der Waals surface area (Å²) >= 11 is 0. The zero-order valence-electron chi connectivity index (χ0n) is 16.9. The highest BCUT2D eigenvalue weighted by Crippen LogP contribution is 2.24. The number of benzene rings is 1. The summed E-state index contributed by atoms with van der Waals surface area (Å²) in [6.45, 7) is 9.39. The van der Waals surface area contributed by atoms with Crippen LogP contribution in [0.3, 0.4) is 0 Å². The maximum atomic E-state index is 4.87. The molecule has 2 aromatic heterocycles. The van der Waals surface area contributed by atoms with E-state index >= 15 is 0 Å². The molecule has 148 valence electrons. The molecule has 2 atom stereocenters. The molecule has 3 N–H and O–H groups in total. The first kappa shape index (κ1) is 18.7. The predicted octanol–water partition coefficient (Wildman–Crippen LogP) is 3.87. The zero-order valence-corrected chi connectivity index (χ0v) is 16.9. The molecule has 1 aliphatic rings. The molecule has 1 aliphatic heterocycles. The van der Waals surface area contributed by atoms with E-state index in [0.29, 0.717) is 12.0 Å². The third-order valence-corrected chi connectivity index (χ3v) is 5.41. The molecule has 0 aliphatic carbocycles. The molecule has 4 rings (SSSR count). The van der Waals surface area contributed by atoms with Gasteiger partial charge in [-0.15, -0.1) is 0 Å². The number of hydrogen-bond acceptors (Lipinski definition) is 5. The molecule has 0 bridgehead atoms. The molecule has 0 amide bonds. The molecule has 6 nitrogen and oxygen atoms in total. The summed E-state index contributed by atoms with van der Waals surface area (Å²) in [5.74, 6) is 2.97. The Hall–Kier alpha value is -2.60. The number of nitrogens with zero attached hydrogens (tertiary/aromatic N) is 3. The molecular formula is C22H30N6. The Bertz CT molecular complexity index is 917. The number of anilines is 2. The Labute approximate surface area is 166 Å². The van der Waals surface area contributed by atoms with Crippen LogP contribution in [0, 0.1) is 5.92 Å². The molecule has 3 heterocycles. The highest BCUT2D eigenvalue weighted by molar-refractivity contribution is 5.61. The van der Waals surface area contributed by atoms with Crippen molar-refractivity contribution in [3.05, 3.63) is 53.7 Å². The summed E-state index contributed by atoms with van der Waals surface area (Å²) in [5, 5.41) is 15.2. The molecule has 1 aromatic carbocycles. The largest absolute Gasteiger partial charge is 0.368 e. The Balaban J connectivity index is 1.58. The van der Waals surface area contributed by atoms with Crippen LogP contribution in [0.5, 0.6) is 0 Å². The van der Waals surface area contributed by atoms with E-state index in [2.05, 4.69) is 72.2 Å². The lowest BCUT2D eigenvalue weighted by atomic mass is 10.1. The van der Waals surface area contributed by atoms with Crippen LogP contribution >= 0.6 is 0 Å². The van der Waals surface area contributed by atoms with Crippen molar-refractivity contribution in [1.29, 1.82) is 0 Å². The second kappa shape index (κ2) is 8.19. The average Bonchev–Trinajstić information content (AvgIpc) is 3.31. The third kappa shape index (κ3) is 4.12. The number of aromatic nitrogens is 3. The normalized spacial score (nSPS) is 19.4. The summed E-state index contributed by atoms with van der Waals surface area (Å²) < 4.78 is 1.92. The van der Waals surface area contributed by atoms with Gasteiger partial charge in [0.25, 0.3) is 0 Å². The molecule has 0 spiro atoms. The molecule has 28 heavy (non-hydrogen) atoms. The molecule has 3 aromatic rings. The van der Waals surface area contributed by atoms with Crippen LogP contribution in [0.1, 0.15) is 44.2 Å². The lowest BCUT2D eigenvalue weighted by molar-refractivity contribution is 0.603. The first-order chi connectivity index (χ1) is 13.6. The molecule has 0 unspecified atom stereocenters. The van der Waals surface area contributed by atoms with Crippen LogP contribution in [-0.4, -0.2) is 33.7 Å². The van der Waals surface area contributed by atoms with Gasteiger partial charge in [0.2, 0.25) is 0 Å². The smallest absolute Gasteiger partial charge is 0.163 e. The number of rotatable bonds is 7. The van der Waals surface area contributed by atoms with E-state index < -0.39 is 0 Å². The predicted molar refractivity (Wildman–Crippen MR) is 115 cm³/mol. The summed E-state index contributed by atoms with van der Waals surface area (Å²) in [4.78, 5) is 4.87. The van der Waals surface area contributed by atoms with Crippen molar-refractivity contribution >= 4 is 17.3 Å². The number of fused-ring (bicyclic) bond motifs is 1. The van der Waals surface area contributed by atoms with Crippen LogP contribution in [-0.2, 0) is 6.54 Å². The monoisotopic (exact) mass is 378 g/mol. The second-order valence-corrected chi connectivity index (χ2v) is 8.18. The summed E-state index contributed by atoms with van der Waals surface area (Å²) in [5.41, 5.74) is 3.32. The van der Waals surface area contributed by atoms with E-state index in [1.54, 1.807) is 0 Å². The minimum absolute atomic E-state index is 0.375. The number of hydrogen-bond donors (Lipinski definition) is 3. The van der Waals surface area contributed by atoms with E-state index in [-0.39, 0.29) is 0 Å².